The van der Waals surface area contributed by atoms with E-state index in [2.05, 4.69) is 6.92 Å². The molecule has 0 fully saturated rings. The van der Waals surface area contributed by atoms with E-state index in [1.807, 2.05) is 0 Å². The summed E-state index contributed by atoms with van der Waals surface area (Å²) in [5.41, 5.74) is 5.78. The molecular weight excluding hydrogens is 314 g/mol. The molecule has 2 unspecified atom stereocenters. The summed E-state index contributed by atoms with van der Waals surface area (Å²) in [7, 11) is 0. The Morgan fingerprint density at radius 2 is 1.26 bits per heavy atom. The van der Waals surface area contributed by atoms with Crippen molar-refractivity contribution in [3.63, 3.8) is 0 Å². The maximum Gasteiger partial charge on any atom is 0.306 e. The number of aliphatic hydroxyl groups excluding tert-OH is 1. The van der Waals surface area contributed by atoms with Crippen molar-refractivity contribution in [2.75, 3.05) is 0 Å². The van der Waals surface area contributed by atoms with Gasteiger partial charge in [-0.2, -0.15) is 0 Å². The largest absolute Gasteiger partial charge is 0.481 e. The van der Waals surface area contributed by atoms with Gasteiger partial charge in [-0.3, -0.25) is 4.79 Å². The maximum absolute atomic E-state index is 10.5. The second-order valence-corrected chi connectivity index (χ2v) is 6.51. The smallest absolute Gasteiger partial charge is 0.306 e. The first-order valence-electron chi connectivity index (χ1n) is 9.23. The summed E-state index contributed by atoms with van der Waals surface area (Å²) >= 11 is 0. The molecule has 0 saturated heterocycles. The lowest BCUT2D eigenvalue weighted by molar-refractivity contribution is -0.139. The van der Waals surface area contributed by atoms with Crippen molar-refractivity contribution in [1.82, 2.24) is 0 Å². The van der Waals surface area contributed by atoms with Crippen LogP contribution in [0.5, 0.6) is 0 Å². The molecule has 0 aliphatic heterocycles. The van der Waals surface area contributed by atoms with E-state index in [0.29, 0.717) is 6.42 Å². The van der Waals surface area contributed by atoms with Gasteiger partial charge < -0.3 is 15.9 Å². The van der Waals surface area contributed by atoms with Gasteiger partial charge in [-0.25, -0.2) is 0 Å². The minimum Gasteiger partial charge on any atom is -0.481 e. The number of carboxylic acid groups (broad SMARTS) is 1. The molecule has 0 spiro atoms. The van der Waals surface area contributed by atoms with Crippen molar-refractivity contribution >= 4 is 18.4 Å². The molecule has 0 aromatic carbocycles. The summed E-state index contributed by atoms with van der Waals surface area (Å²) in [5.74, 6) is -0.988. The van der Waals surface area contributed by atoms with Crippen LogP contribution in [0, 0.1) is 0 Å². The fourth-order valence-electron chi connectivity index (χ4n) is 2.74. The number of aliphatic hydroxyl groups is 1. The van der Waals surface area contributed by atoms with Gasteiger partial charge in [0.2, 0.25) is 0 Å². The SMILES string of the molecule is CCCCCCCCCCCCCCC(N)C(O)CC(=O)O.Cl. The van der Waals surface area contributed by atoms with Crippen LogP contribution in [0.4, 0.5) is 0 Å². The number of halogens is 1. The van der Waals surface area contributed by atoms with E-state index in [0.717, 1.165) is 12.8 Å². The average molecular weight is 352 g/mol. The molecule has 0 bridgehead atoms. The molecule has 0 aromatic rings. The number of hydrogen-bond acceptors (Lipinski definition) is 3. The summed E-state index contributed by atoms with van der Waals surface area (Å²) in [4.78, 5) is 10.5. The van der Waals surface area contributed by atoms with Gasteiger partial charge in [0.25, 0.3) is 0 Å². The van der Waals surface area contributed by atoms with E-state index in [1.54, 1.807) is 0 Å². The van der Waals surface area contributed by atoms with E-state index < -0.39 is 18.1 Å². The second kappa shape index (κ2) is 18.0. The number of aliphatic carboxylic acids is 1. The Morgan fingerprint density at radius 3 is 1.65 bits per heavy atom. The zero-order valence-electron chi connectivity index (χ0n) is 14.8. The molecule has 0 saturated carbocycles. The first kappa shape index (κ1) is 24.9. The van der Waals surface area contributed by atoms with Crippen molar-refractivity contribution in [2.24, 2.45) is 5.73 Å². The number of nitrogens with two attached hydrogens (primary N) is 1. The third-order valence-electron chi connectivity index (χ3n) is 4.27. The van der Waals surface area contributed by atoms with Crippen LogP contribution in [-0.4, -0.2) is 28.3 Å². The van der Waals surface area contributed by atoms with E-state index in [9.17, 15) is 9.90 Å². The minimum absolute atomic E-state index is 0. The normalized spacial score (nSPS) is 13.3. The van der Waals surface area contributed by atoms with Crippen LogP contribution < -0.4 is 5.73 Å². The minimum atomic E-state index is -0.988. The fourth-order valence-corrected chi connectivity index (χ4v) is 2.74. The molecule has 0 heterocycles. The van der Waals surface area contributed by atoms with Crippen LogP contribution in [0.1, 0.15) is 96.8 Å². The van der Waals surface area contributed by atoms with Gasteiger partial charge in [-0.05, 0) is 6.42 Å². The summed E-state index contributed by atoms with van der Waals surface area (Å²) in [6.07, 6.45) is 15.1. The van der Waals surface area contributed by atoms with Gasteiger partial charge in [-0.1, -0.05) is 84.0 Å². The third kappa shape index (κ3) is 17.9. The van der Waals surface area contributed by atoms with Crippen LogP contribution in [-0.2, 0) is 4.79 Å². The van der Waals surface area contributed by atoms with E-state index in [4.69, 9.17) is 10.8 Å². The lowest BCUT2D eigenvalue weighted by Gasteiger charge is -2.16. The molecule has 0 amide bonds. The predicted molar refractivity (Wildman–Crippen MR) is 99.2 cm³/mol. The highest BCUT2D eigenvalue weighted by Gasteiger charge is 2.17. The Labute approximate surface area is 148 Å². The third-order valence-corrected chi connectivity index (χ3v) is 4.27. The van der Waals surface area contributed by atoms with Gasteiger partial charge in [0, 0.05) is 6.04 Å². The lowest BCUT2D eigenvalue weighted by Crippen LogP contribution is -2.36. The summed E-state index contributed by atoms with van der Waals surface area (Å²) < 4.78 is 0. The molecule has 0 aliphatic rings. The molecule has 4 nitrogen and oxygen atoms in total. The molecule has 23 heavy (non-hydrogen) atoms. The number of rotatable bonds is 16. The molecule has 4 N–H and O–H groups in total. The summed E-state index contributed by atoms with van der Waals surface area (Å²) in [6, 6.07) is -0.403. The second-order valence-electron chi connectivity index (χ2n) is 6.51. The number of carbonyl (C=O) groups is 1. The maximum atomic E-state index is 10.5. The number of unbranched alkanes of at least 4 members (excludes halogenated alkanes) is 11. The van der Waals surface area contributed by atoms with E-state index in [-0.39, 0.29) is 18.8 Å². The van der Waals surface area contributed by atoms with Crippen molar-refractivity contribution in [2.45, 2.75) is 109 Å². The van der Waals surface area contributed by atoms with Crippen LogP contribution in [0.2, 0.25) is 0 Å². The molecule has 2 atom stereocenters. The zero-order chi connectivity index (χ0) is 16.6. The standard InChI is InChI=1S/C18H37NO3.ClH/c1-2-3-4-5-6-7-8-9-10-11-12-13-14-16(19)17(20)15-18(21)22;/h16-17,20H,2-15,19H2,1H3,(H,21,22);1H. The van der Waals surface area contributed by atoms with Crippen molar-refractivity contribution in [1.29, 1.82) is 0 Å². The summed E-state index contributed by atoms with van der Waals surface area (Å²) in [6.45, 7) is 2.25. The first-order valence-corrected chi connectivity index (χ1v) is 9.23. The van der Waals surface area contributed by atoms with Gasteiger partial charge in [0.15, 0.2) is 0 Å². The van der Waals surface area contributed by atoms with Gasteiger partial charge in [-0.15, -0.1) is 12.4 Å². The van der Waals surface area contributed by atoms with E-state index in [1.165, 1.54) is 64.2 Å². The lowest BCUT2D eigenvalue weighted by atomic mass is 10.0. The Morgan fingerprint density at radius 1 is 0.870 bits per heavy atom. The van der Waals surface area contributed by atoms with E-state index >= 15 is 0 Å². The Balaban J connectivity index is 0. The molecular formula is C18H38ClNO3. The molecule has 0 aliphatic carbocycles. The van der Waals surface area contributed by atoms with Crippen molar-refractivity contribution in [3.05, 3.63) is 0 Å². The quantitative estimate of drug-likeness (QED) is 0.353. The summed E-state index contributed by atoms with van der Waals surface area (Å²) in [5, 5.41) is 18.1. The molecule has 140 valence electrons. The van der Waals surface area contributed by atoms with Crippen LogP contribution in [0.3, 0.4) is 0 Å². The zero-order valence-corrected chi connectivity index (χ0v) is 15.7. The highest BCUT2D eigenvalue weighted by molar-refractivity contribution is 5.85. The monoisotopic (exact) mass is 351 g/mol. The van der Waals surface area contributed by atoms with Crippen molar-refractivity contribution in [3.8, 4) is 0 Å². The average Bonchev–Trinajstić information content (AvgIpc) is 2.47. The number of hydrogen-bond donors (Lipinski definition) is 3. The predicted octanol–water partition coefficient (Wildman–Crippen LogP) is 4.66. The number of carboxylic acids is 1. The first-order chi connectivity index (χ1) is 10.6. The van der Waals surface area contributed by atoms with Gasteiger partial charge >= 0.3 is 5.97 Å². The van der Waals surface area contributed by atoms with Crippen LogP contribution in [0.25, 0.3) is 0 Å². The van der Waals surface area contributed by atoms with Gasteiger partial charge in [0.05, 0.1) is 12.5 Å². The fraction of sp³-hybridized carbons (Fsp3) is 0.944. The Kier molecular flexibility index (Phi) is 19.5. The van der Waals surface area contributed by atoms with Crippen LogP contribution in [0.15, 0.2) is 0 Å². The molecule has 5 heteroatoms. The molecule has 0 rings (SSSR count). The Hall–Kier alpha value is -0.320. The topological polar surface area (TPSA) is 83.5 Å². The van der Waals surface area contributed by atoms with Gasteiger partial charge in [0.1, 0.15) is 0 Å². The highest BCUT2D eigenvalue weighted by Crippen LogP contribution is 2.13. The van der Waals surface area contributed by atoms with Crippen LogP contribution >= 0.6 is 12.4 Å². The molecule has 0 radical (unpaired) electrons. The Bertz CT molecular complexity index is 265. The molecule has 0 aromatic heterocycles. The van der Waals surface area contributed by atoms with Crippen molar-refractivity contribution < 1.29 is 15.0 Å². The highest BCUT2D eigenvalue weighted by atomic mass is 35.5.